The summed E-state index contributed by atoms with van der Waals surface area (Å²) >= 11 is 0. The summed E-state index contributed by atoms with van der Waals surface area (Å²) in [6, 6.07) is 6.11. The van der Waals surface area contributed by atoms with Crippen LogP contribution in [0.3, 0.4) is 0 Å². The topological polar surface area (TPSA) is 101 Å². The Balaban J connectivity index is 2.16. The largest absolute Gasteiger partial charge is 0.465 e. The van der Waals surface area contributed by atoms with E-state index in [1.54, 1.807) is 19.1 Å². The minimum atomic E-state index is -0.574. The molecule has 2 N–H and O–H groups in total. The van der Waals surface area contributed by atoms with E-state index in [1.807, 2.05) is 0 Å². The first kappa shape index (κ1) is 14.4. The summed E-state index contributed by atoms with van der Waals surface area (Å²) in [5, 5.41) is 2.55. The Bertz CT molecular complexity index is 735. The van der Waals surface area contributed by atoms with Crippen LogP contribution in [-0.4, -0.2) is 29.0 Å². The first-order chi connectivity index (χ1) is 10.0. The zero-order valence-corrected chi connectivity index (χ0v) is 11.5. The standard InChI is InChI=1S/C14H13N3O4/c1-8-15-7-11(12(18)16-8)13(19)17-10-5-3-9(4-6-10)14(20)21-2/h3-7H,1-2H3,(H,17,19)(H,15,16,18). The van der Waals surface area contributed by atoms with Crippen LogP contribution >= 0.6 is 0 Å². The van der Waals surface area contributed by atoms with Crippen molar-refractivity contribution < 1.29 is 14.3 Å². The fraction of sp³-hybridized carbons (Fsp3) is 0.143. The monoisotopic (exact) mass is 287 g/mol. The Morgan fingerprint density at radius 2 is 1.90 bits per heavy atom. The van der Waals surface area contributed by atoms with Crippen LogP contribution in [0.2, 0.25) is 0 Å². The van der Waals surface area contributed by atoms with Crippen LogP contribution in [0.5, 0.6) is 0 Å². The molecule has 0 aliphatic rings. The summed E-state index contributed by atoms with van der Waals surface area (Å²) in [5.41, 5.74) is 0.224. The van der Waals surface area contributed by atoms with Gasteiger partial charge in [-0.2, -0.15) is 0 Å². The maximum atomic E-state index is 12.0. The number of ether oxygens (including phenoxy) is 1. The van der Waals surface area contributed by atoms with Gasteiger partial charge in [0.15, 0.2) is 0 Å². The molecular formula is C14H13N3O4. The lowest BCUT2D eigenvalue weighted by atomic mass is 10.2. The van der Waals surface area contributed by atoms with E-state index in [-0.39, 0.29) is 5.56 Å². The molecule has 0 fully saturated rings. The molecule has 1 aromatic heterocycles. The average Bonchev–Trinajstić information content (AvgIpc) is 2.47. The number of carbonyl (C=O) groups excluding carboxylic acids is 2. The van der Waals surface area contributed by atoms with E-state index in [2.05, 4.69) is 20.0 Å². The molecule has 0 spiro atoms. The van der Waals surface area contributed by atoms with Gasteiger partial charge in [0.1, 0.15) is 11.4 Å². The molecule has 0 unspecified atom stereocenters. The molecule has 0 saturated carbocycles. The van der Waals surface area contributed by atoms with E-state index in [1.165, 1.54) is 25.4 Å². The lowest BCUT2D eigenvalue weighted by molar-refractivity contribution is 0.0600. The second kappa shape index (κ2) is 6.00. The summed E-state index contributed by atoms with van der Waals surface area (Å²) in [6.07, 6.45) is 1.21. The number of rotatable bonds is 3. The van der Waals surface area contributed by atoms with Gasteiger partial charge in [-0.15, -0.1) is 0 Å². The van der Waals surface area contributed by atoms with Crippen molar-refractivity contribution in [1.29, 1.82) is 0 Å². The van der Waals surface area contributed by atoms with Crippen LogP contribution in [0, 0.1) is 6.92 Å². The van der Waals surface area contributed by atoms with Crippen LogP contribution in [0.25, 0.3) is 0 Å². The maximum absolute atomic E-state index is 12.0. The van der Waals surface area contributed by atoms with Gasteiger partial charge in [-0.25, -0.2) is 9.78 Å². The molecule has 0 bridgehead atoms. The molecule has 0 saturated heterocycles. The summed E-state index contributed by atoms with van der Waals surface area (Å²) < 4.78 is 4.57. The Morgan fingerprint density at radius 1 is 1.24 bits per heavy atom. The predicted molar refractivity (Wildman–Crippen MR) is 75.3 cm³/mol. The van der Waals surface area contributed by atoms with Crippen LogP contribution < -0.4 is 10.9 Å². The van der Waals surface area contributed by atoms with Gasteiger partial charge in [-0.3, -0.25) is 9.59 Å². The van der Waals surface area contributed by atoms with Crippen molar-refractivity contribution in [1.82, 2.24) is 9.97 Å². The first-order valence-corrected chi connectivity index (χ1v) is 6.07. The van der Waals surface area contributed by atoms with Gasteiger partial charge in [0, 0.05) is 11.9 Å². The molecular weight excluding hydrogens is 274 g/mol. The molecule has 21 heavy (non-hydrogen) atoms. The third kappa shape index (κ3) is 3.33. The van der Waals surface area contributed by atoms with Gasteiger partial charge >= 0.3 is 5.97 Å². The predicted octanol–water partition coefficient (Wildman–Crippen LogP) is 1.12. The van der Waals surface area contributed by atoms with Gasteiger partial charge in [0.25, 0.3) is 11.5 Å². The highest BCUT2D eigenvalue weighted by Gasteiger charge is 2.12. The fourth-order valence-corrected chi connectivity index (χ4v) is 1.65. The van der Waals surface area contributed by atoms with Crippen LogP contribution in [0.4, 0.5) is 5.69 Å². The van der Waals surface area contributed by atoms with Gasteiger partial charge < -0.3 is 15.0 Å². The van der Waals surface area contributed by atoms with Crippen molar-refractivity contribution in [2.24, 2.45) is 0 Å². The number of aryl methyl sites for hydroxylation is 1. The summed E-state index contributed by atoms with van der Waals surface area (Å²) in [6.45, 7) is 1.62. The number of carbonyl (C=O) groups is 2. The first-order valence-electron chi connectivity index (χ1n) is 6.07. The zero-order chi connectivity index (χ0) is 15.4. The number of aromatic amines is 1. The van der Waals surface area contributed by atoms with Gasteiger partial charge in [0.05, 0.1) is 12.7 Å². The summed E-state index contributed by atoms with van der Waals surface area (Å²) in [4.78, 5) is 41.2. The number of anilines is 1. The number of aromatic nitrogens is 2. The minimum Gasteiger partial charge on any atom is -0.465 e. The van der Waals surface area contributed by atoms with E-state index in [9.17, 15) is 14.4 Å². The Kier molecular flexibility index (Phi) is 4.13. The number of nitrogens with zero attached hydrogens (tertiary/aromatic N) is 1. The number of amides is 1. The van der Waals surface area contributed by atoms with E-state index < -0.39 is 17.4 Å². The number of H-pyrrole nitrogens is 1. The number of nitrogens with one attached hydrogen (secondary N) is 2. The summed E-state index contributed by atoms with van der Waals surface area (Å²) in [5.74, 6) is -0.611. The quantitative estimate of drug-likeness (QED) is 0.824. The number of methoxy groups -OCH3 is 1. The zero-order valence-electron chi connectivity index (χ0n) is 11.5. The summed E-state index contributed by atoms with van der Waals surface area (Å²) in [7, 11) is 1.29. The molecule has 7 heteroatoms. The van der Waals surface area contributed by atoms with Gasteiger partial charge in [-0.05, 0) is 31.2 Å². The highest BCUT2D eigenvalue weighted by Crippen LogP contribution is 2.11. The number of hydrogen-bond acceptors (Lipinski definition) is 5. The highest BCUT2D eigenvalue weighted by atomic mass is 16.5. The Hall–Kier alpha value is -2.96. The molecule has 2 rings (SSSR count). The normalized spacial score (nSPS) is 10.0. The Morgan fingerprint density at radius 3 is 2.48 bits per heavy atom. The van der Waals surface area contributed by atoms with Gasteiger partial charge in [-0.1, -0.05) is 0 Å². The number of hydrogen-bond donors (Lipinski definition) is 2. The maximum Gasteiger partial charge on any atom is 0.337 e. The molecule has 108 valence electrons. The van der Waals surface area contributed by atoms with Crippen molar-refractivity contribution in [3.05, 3.63) is 57.8 Å². The third-order valence-electron chi connectivity index (χ3n) is 2.73. The van der Waals surface area contributed by atoms with Crippen molar-refractivity contribution in [2.75, 3.05) is 12.4 Å². The molecule has 0 atom stereocenters. The molecule has 0 aliphatic heterocycles. The smallest absolute Gasteiger partial charge is 0.337 e. The molecule has 2 aromatic rings. The SMILES string of the molecule is COC(=O)c1ccc(NC(=O)c2cnc(C)[nH]c2=O)cc1. The van der Waals surface area contributed by atoms with E-state index >= 15 is 0 Å². The lowest BCUT2D eigenvalue weighted by Gasteiger charge is -2.05. The molecule has 1 aromatic carbocycles. The van der Waals surface area contributed by atoms with Crippen molar-refractivity contribution in [2.45, 2.75) is 6.92 Å². The molecule has 7 nitrogen and oxygen atoms in total. The van der Waals surface area contributed by atoms with E-state index in [4.69, 9.17) is 0 Å². The van der Waals surface area contributed by atoms with Gasteiger partial charge in [0.2, 0.25) is 0 Å². The van der Waals surface area contributed by atoms with Crippen molar-refractivity contribution >= 4 is 17.6 Å². The van der Waals surface area contributed by atoms with E-state index in [0.717, 1.165) is 0 Å². The molecule has 0 radical (unpaired) electrons. The molecule has 1 heterocycles. The number of esters is 1. The number of benzene rings is 1. The molecule has 0 aliphatic carbocycles. The second-order valence-electron chi connectivity index (χ2n) is 4.23. The fourth-order valence-electron chi connectivity index (χ4n) is 1.65. The van der Waals surface area contributed by atoms with Crippen molar-refractivity contribution in [3.63, 3.8) is 0 Å². The minimum absolute atomic E-state index is 0.0855. The van der Waals surface area contributed by atoms with Crippen LogP contribution in [0.15, 0.2) is 35.3 Å². The molecule has 1 amide bonds. The van der Waals surface area contributed by atoms with Crippen molar-refractivity contribution in [3.8, 4) is 0 Å². The third-order valence-corrected chi connectivity index (χ3v) is 2.73. The second-order valence-corrected chi connectivity index (χ2v) is 4.23. The van der Waals surface area contributed by atoms with Crippen LogP contribution in [-0.2, 0) is 4.74 Å². The highest BCUT2D eigenvalue weighted by molar-refractivity contribution is 6.04. The average molecular weight is 287 g/mol. The Labute approximate surface area is 120 Å². The lowest BCUT2D eigenvalue weighted by Crippen LogP contribution is -2.24. The van der Waals surface area contributed by atoms with E-state index in [0.29, 0.717) is 17.1 Å². The van der Waals surface area contributed by atoms with Crippen LogP contribution in [0.1, 0.15) is 26.5 Å².